The molecule has 1 saturated heterocycles. The van der Waals surface area contributed by atoms with Crippen molar-refractivity contribution in [2.24, 2.45) is 0 Å². The maximum absolute atomic E-state index is 12.9. The molecule has 4 amide bonds. The third-order valence-corrected chi connectivity index (χ3v) is 6.74. The van der Waals surface area contributed by atoms with Crippen molar-refractivity contribution < 1.29 is 23.9 Å². The van der Waals surface area contributed by atoms with Gasteiger partial charge in [0.1, 0.15) is 24.6 Å². The second-order valence-electron chi connectivity index (χ2n) is 8.91. The Morgan fingerprint density at radius 2 is 1.65 bits per heavy atom. The Morgan fingerprint density at radius 1 is 0.950 bits per heavy atom. The van der Waals surface area contributed by atoms with E-state index in [9.17, 15) is 14.4 Å². The summed E-state index contributed by atoms with van der Waals surface area (Å²) in [6, 6.07) is 23.3. The minimum absolute atomic E-state index is 0.0212. The summed E-state index contributed by atoms with van der Waals surface area (Å²) in [6.07, 6.45) is 1.43. The quantitative estimate of drug-likeness (QED) is 0.191. The van der Waals surface area contributed by atoms with E-state index in [4.69, 9.17) is 32.7 Å². The summed E-state index contributed by atoms with van der Waals surface area (Å²) < 4.78 is 11.1. The molecule has 0 bridgehead atoms. The first-order valence-corrected chi connectivity index (χ1v) is 12.9. The van der Waals surface area contributed by atoms with E-state index in [1.807, 2.05) is 42.5 Å². The van der Waals surface area contributed by atoms with Gasteiger partial charge >= 0.3 is 6.03 Å². The number of amides is 4. The molecule has 10 heteroatoms. The van der Waals surface area contributed by atoms with Crippen molar-refractivity contribution in [1.29, 1.82) is 0 Å². The van der Waals surface area contributed by atoms with Crippen LogP contribution in [0.1, 0.15) is 11.1 Å². The van der Waals surface area contributed by atoms with Crippen LogP contribution in [-0.4, -0.2) is 36.4 Å². The number of para-hydroxylation sites is 2. The lowest BCUT2D eigenvalue weighted by Crippen LogP contribution is -2.38. The molecule has 40 heavy (non-hydrogen) atoms. The molecule has 0 saturated carbocycles. The molecule has 0 radical (unpaired) electrons. The maximum atomic E-state index is 12.9. The van der Waals surface area contributed by atoms with Crippen LogP contribution < -0.4 is 20.1 Å². The molecule has 0 atom stereocenters. The minimum Gasteiger partial charge on any atom is -0.495 e. The average Bonchev–Trinajstić information content (AvgIpc) is 3.19. The Balaban J connectivity index is 1.26. The van der Waals surface area contributed by atoms with Crippen LogP contribution in [0.4, 0.5) is 10.5 Å². The number of nitrogens with one attached hydrogen (secondary N) is 2. The highest BCUT2D eigenvalue weighted by atomic mass is 35.5. The average molecular weight is 576 g/mol. The molecule has 5 rings (SSSR count). The monoisotopic (exact) mass is 575 g/mol. The Morgan fingerprint density at radius 3 is 2.40 bits per heavy atom. The summed E-state index contributed by atoms with van der Waals surface area (Å²) in [5, 5.41) is 7.83. The van der Waals surface area contributed by atoms with Crippen molar-refractivity contribution in [2.75, 3.05) is 19.0 Å². The minimum atomic E-state index is -0.723. The highest BCUT2D eigenvalue weighted by Gasteiger charge is 2.35. The Kier molecular flexibility index (Phi) is 7.91. The molecule has 202 valence electrons. The van der Waals surface area contributed by atoms with Crippen LogP contribution in [0.15, 0.2) is 84.6 Å². The first kappa shape index (κ1) is 27.1. The number of anilines is 1. The van der Waals surface area contributed by atoms with Gasteiger partial charge in [0.15, 0.2) is 5.75 Å². The number of ether oxygens (including phenoxy) is 2. The van der Waals surface area contributed by atoms with Crippen LogP contribution in [0.5, 0.6) is 11.5 Å². The summed E-state index contributed by atoms with van der Waals surface area (Å²) in [7, 11) is 1.47. The number of hydrogen-bond donors (Lipinski definition) is 2. The fraction of sp³-hybridized carbons (Fsp3) is 0.100. The van der Waals surface area contributed by atoms with E-state index in [1.165, 1.54) is 13.2 Å². The van der Waals surface area contributed by atoms with Crippen LogP contribution in [0, 0.1) is 0 Å². The SMILES string of the molecule is COc1ccccc1NC(=O)CN1C(=O)N/C(=C/c2cc(Cl)c(OCc3ccc4ccccc4c3)c(Cl)c2)C1=O. The number of hydrogen-bond acceptors (Lipinski definition) is 5. The van der Waals surface area contributed by atoms with Crippen molar-refractivity contribution in [3.63, 3.8) is 0 Å². The van der Waals surface area contributed by atoms with Gasteiger partial charge in [0.05, 0.1) is 22.8 Å². The van der Waals surface area contributed by atoms with E-state index >= 15 is 0 Å². The summed E-state index contributed by atoms with van der Waals surface area (Å²) >= 11 is 12.9. The molecule has 1 fully saturated rings. The van der Waals surface area contributed by atoms with Gasteiger partial charge in [-0.2, -0.15) is 0 Å². The van der Waals surface area contributed by atoms with E-state index in [1.54, 1.807) is 36.4 Å². The summed E-state index contributed by atoms with van der Waals surface area (Å²) in [6.45, 7) is -0.228. The second kappa shape index (κ2) is 11.7. The van der Waals surface area contributed by atoms with Gasteiger partial charge < -0.3 is 20.1 Å². The molecular formula is C30H23Cl2N3O5. The molecule has 1 heterocycles. The molecule has 1 aliphatic heterocycles. The molecular weight excluding hydrogens is 553 g/mol. The van der Waals surface area contributed by atoms with Gasteiger partial charge in [-0.3, -0.25) is 9.59 Å². The normalized spacial score (nSPS) is 14.0. The van der Waals surface area contributed by atoms with Crippen LogP contribution in [-0.2, 0) is 16.2 Å². The third kappa shape index (κ3) is 5.88. The topological polar surface area (TPSA) is 97.0 Å². The van der Waals surface area contributed by atoms with Gasteiger partial charge in [-0.05, 0) is 58.3 Å². The Bertz CT molecular complexity index is 1650. The lowest BCUT2D eigenvalue weighted by atomic mass is 10.1. The van der Waals surface area contributed by atoms with E-state index in [2.05, 4.69) is 10.6 Å². The molecule has 0 aromatic heterocycles. The van der Waals surface area contributed by atoms with Gasteiger partial charge in [-0.15, -0.1) is 0 Å². The number of carbonyl (C=O) groups excluding carboxylic acids is 3. The smallest absolute Gasteiger partial charge is 0.329 e. The number of halogens is 2. The standard InChI is InChI=1S/C30H23Cl2N3O5/c1-39-26-9-5-4-8-24(26)33-27(36)16-35-29(37)25(34-30(35)38)15-19-13-22(31)28(23(32)14-19)40-17-18-10-11-20-6-2-3-7-21(20)12-18/h2-15H,16-17H2,1H3,(H,33,36)(H,34,38)/b25-15+. The molecule has 8 nitrogen and oxygen atoms in total. The third-order valence-electron chi connectivity index (χ3n) is 6.17. The second-order valence-corrected chi connectivity index (χ2v) is 9.73. The lowest BCUT2D eigenvalue weighted by Gasteiger charge is -2.13. The molecule has 2 N–H and O–H groups in total. The van der Waals surface area contributed by atoms with Crippen molar-refractivity contribution in [1.82, 2.24) is 10.2 Å². The molecule has 4 aromatic carbocycles. The number of urea groups is 1. The molecule has 0 unspecified atom stereocenters. The van der Waals surface area contributed by atoms with Crippen molar-refractivity contribution >= 4 is 63.6 Å². The number of carbonyl (C=O) groups is 3. The first-order chi connectivity index (χ1) is 19.3. The fourth-order valence-corrected chi connectivity index (χ4v) is 4.86. The number of rotatable bonds is 8. The molecule has 4 aromatic rings. The van der Waals surface area contributed by atoms with Crippen molar-refractivity contribution in [3.05, 3.63) is 106 Å². The number of fused-ring (bicyclic) bond motifs is 1. The van der Waals surface area contributed by atoms with Gasteiger partial charge in [0.25, 0.3) is 5.91 Å². The van der Waals surface area contributed by atoms with E-state index in [0.29, 0.717) is 22.7 Å². The zero-order valence-corrected chi connectivity index (χ0v) is 22.8. The van der Waals surface area contributed by atoms with Crippen LogP contribution in [0.3, 0.4) is 0 Å². The largest absolute Gasteiger partial charge is 0.495 e. The maximum Gasteiger partial charge on any atom is 0.329 e. The highest BCUT2D eigenvalue weighted by molar-refractivity contribution is 6.37. The number of nitrogens with zero attached hydrogens (tertiary/aromatic N) is 1. The van der Waals surface area contributed by atoms with Gasteiger partial charge in [0.2, 0.25) is 5.91 Å². The molecule has 0 aliphatic carbocycles. The van der Waals surface area contributed by atoms with Crippen molar-refractivity contribution in [3.8, 4) is 11.5 Å². The zero-order valence-electron chi connectivity index (χ0n) is 21.2. The van der Waals surface area contributed by atoms with Crippen LogP contribution in [0.25, 0.3) is 16.8 Å². The predicted octanol–water partition coefficient (Wildman–Crippen LogP) is 6.27. The number of methoxy groups -OCH3 is 1. The van der Waals surface area contributed by atoms with Crippen LogP contribution in [0.2, 0.25) is 10.0 Å². The Labute approximate surface area is 240 Å². The first-order valence-electron chi connectivity index (χ1n) is 12.2. The van der Waals surface area contributed by atoms with Gasteiger partial charge in [-0.1, -0.05) is 71.7 Å². The zero-order chi connectivity index (χ0) is 28.2. The molecule has 1 aliphatic rings. The molecule has 0 spiro atoms. The lowest BCUT2D eigenvalue weighted by molar-refractivity contribution is -0.127. The van der Waals surface area contributed by atoms with Gasteiger partial charge in [-0.25, -0.2) is 9.69 Å². The summed E-state index contributed by atoms with van der Waals surface area (Å²) in [5.41, 5.74) is 1.82. The highest BCUT2D eigenvalue weighted by Crippen LogP contribution is 2.36. The number of imide groups is 1. The number of benzene rings is 4. The Hall–Kier alpha value is -4.53. The van der Waals surface area contributed by atoms with E-state index in [0.717, 1.165) is 21.2 Å². The van der Waals surface area contributed by atoms with Crippen molar-refractivity contribution in [2.45, 2.75) is 6.61 Å². The fourth-order valence-electron chi connectivity index (χ4n) is 4.25. The van der Waals surface area contributed by atoms with E-state index < -0.39 is 24.4 Å². The van der Waals surface area contributed by atoms with Crippen LogP contribution >= 0.6 is 23.2 Å². The van der Waals surface area contributed by atoms with Gasteiger partial charge in [0, 0.05) is 0 Å². The summed E-state index contributed by atoms with van der Waals surface area (Å²) in [4.78, 5) is 38.7. The summed E-state index contributed by atoms with van der Waals surface area (Å²) in [5.74, 6) is -0.473. The predicted molar refractivity (Wildman–Crippen MR) is 155 cm³/mol. The van der Waals surface area contributed by atoms with E-state index in [-0.39, 0.29) is 22.3 Å².